The Morgan fingerprint density at radius 2 is 1.67 bits per heavy atom. The lowest BCUT2D eigenvalue weighted by Gasteiger charge is -2.13. The quantitative estimate of drug-likeness (QED) is 0.769. The SMILES string of the molecule is NCCCCCOc1ccccc1OC(F)(F)F. The van der Waals surface area contributed by atoms with Crippen molar-refractivity contribution in [2.24, 2.45) is 5.73 Å². The summed E-state index contributed by atoms with van der Waals surface area (Å²) in [4.78, 5) is 0. The molecule has 1 rings (SSSR count). The molecule has 0 spiro atoms. The fraction of sp³-hybridized carbons (Fsp3) is 0.500. The van der Waals surface area contributed by atoms with Crippen molar-refractivity contribution in [2.45, 2.75) is 25.6 Å². The highest BCUT2D eigenvalue weighted by molar-refractivity contribution is 5.39. The monoisotopic (exact) mass is 263 g/mol. The zero-order valence-corrected chi connectivity index (χ0v) is 9.87. The molecule has 0 atom stereocenters. The van der Waals surface area contributed by atoms with E-state index in [1.54, 1.807) is 6.07 Å². The Kier molecular flexibility index (Phi) is 5.77. The zero-order chi connectivity index (χ0) is 13.4. The van der Waals surface area contributed by atoms with Gasteiger partial charge in [0.05, 0.1) is 6.61 Å². The number of alkyl halides is 3. The minimum atomic E-state index is -4.71. The van der Waals surface area contributed by atoms with Gasteiger partial charge in [0.1, 0.15) is 0 Å². The first kappa shape index (κ1) is 14.6. The smallest absolute Gasteiger partial charge is 0.490 e. The normalized spacial score (nSPS) is 11.3. The van der Waals surface area contributed by atoms with Gasteiger partial charge in [0.15, 0.2) is 11.5 Å². The molecule has 0 unspecified atom stereocenters. The van der Waals surface area contributed by atoms with E-state index in [1.807, 2.05) is 0 Å². The van der Waals surface area contributed by atoms with Crippen LogP contribution in [0.1, 0.15) is 19.3 Å². The molecule has 0 aliphatic carbocycles. The Bertz CT molecular complexity index is 355. The summed E-state index contributed by atoms with van der Waals surface area (Å²) < 4.78 is 45.5. The van der Waals surface area contributed by atoms with Crippen molar-refractivity contribution in [2.75, 3.05) is 13.2 Å². The van der Waals surface area contributed by atoms with Crippen LogP contribution in [0, 0.1) is 0 Å². The molecule has 18 heavy (non-hydrogen) atoms. The van der Waals surface area contributed by atoms with Gasteiger partial charge in [0.25, 0.3) is 0 Å². The molecule has 0 radical (unpaired) electrons. The van der Waals surface area contributed by atoms with E-state index in [4.69, 9.17) is 10.5 Å². The van der Waals surface area contributed by atoms with Crippen LogP contribution in [0.3, 0.4) is 0 Å². The summed E-state index contributed by atoms with van der Waals surface area (Å²) >= 11 is 0. The first-order chi connectivity index (χ1) is 8.53. The van der Waals surface area contributed by atoms with Gasteiger partial charge in [-0.25, -0.2) is 0 Å². The van der Waals surface area contributed by atoms with Crippen LogP contribution in [0.2, 0.25) is 0 Å². The van der Waals surface area contributed by atoms with Crippen LogP contribution < -0.4 is 15.2 Å². The van der Waals surface area contributed by atoms with Gasteiger partial charge in [-0.05, 0) is 37.9 Å². The maximum absolute atomic E-state index is 12.1. The summed E-state index contributed by atoms with van der Waals surface area (Å²) in [6, 6.07) is 5.73. The predicted octanol–water partition coefficient (Wildman–Crippen LogP) is 3.09. The highest BCUT2D eigenvalue weighted by Crippen LogP contribution is 2.31. The van der Waals surface area contributed by atoms with Gasteiger partial charge < -0.3 is 15.2 Å². The van der Waals surface area contributed by atoms with Crippen LogP contribution in [-0.2, 0) is 0 Å². The minimum absolute atomic E-state index is 0.0996. The van der Waals surface area contributed by atoms with Crippen molar-refractivity contribution in [3.63, 3.8) is 0 Å². The molecule has 0 aromatic heterocycles. The number of halogens is 3. The number of benzene rings is 1. The fourth-order valence-electron chi connectivity index (χ4n) is 1.38. The first-order valence-corrected chi connectivity index (χ1v) is 5.70. The van der Waals surface area contributed by atoms with Gasteiger partial charge in [0.2, 0.25) is 0 Å². The lowest BCUT2D eigenvalue weighted by atomic mass is 10.2. The Morgan fingerprint density at radius 3 is 2.28 bits per heavy atom. The molecule has 0 heterocycles. The topological polar surface area (TPSA) is 44.5 Å². The van der Waals surface area contributed by atoms with E-state index in [9.17, 15) is 13.2 Å². The molecule has 2 N–H and O–H groups in total. The molecular weight excluding hydrogens is 247 g/mol. The van der Waals surface area contributed by atoms with Gasteiger partial charge in [-0.15, -0.1) is 13.2 Å². The number of para-hydroxylation sites is 2. The molecule has 0 aliphatic heterocycles. The van der Waals surface area contributed by atoms with Crippen molar-refractivity contribution >= 4 is 0 Å². The number of unbranched alkanes of at least 4 members (excludes halogenated alkanes) is 2. The van der Waals surface area contributed by atoms with Crippen molar-refractivity contribution in [1.29, 1.82) is 0 Å². The summed E-state index contributed by atoms with van der Waals surface area (Å²) in [5.74, 6) is -0.216. The lowest BCUT2D eigenvalue weighted by molar-refractivity contribution is -0.275. The van der Waals surface area contributed by atoms with Gasteiger partial charge >= 0.3 is 6.36 Å². The van der Waals surface area contributed by atoms with Crippen LogP contribution in [0.15, 0.2) is 24.3 Å². The molecule has 1 aromatic carbocycles. The van der Waals surface area contributed by atoms with Crippen molar-refractivity contribution in [3.05, 3.63) is 24.3 Å². The van der Waals surface area contributed by atoms with E-state index in [2.05, 4.69) is 4.74 Å². The Hall–Kier alpha value is -1.43. The van der Waals surface area contributed by atoms with Gasteiger partial charge in [-0.3, -0.25) is 0 Å². The molecule has 3 nitrogen and oxygen atoms in total. The number of rotatable bonds is 7. The van der Waals surface area contributed by atoms with E-state index >= 15 is 0 Å². The van der Waals surface area contributed by atoms with Crippen molar-refractivity contribution in [1.82, 2.24) is 0 Å². The highest BCUT2D eigenvalue weighted by atomic mass is 19.4. The third-order valence-corrected chi connectivity index (χ3v) is 2.18. The van der Waals surface area contributed by atoms with Crippen molar-refractivity contribution < 1.29 is 22.6 Å². The number of nitrogens with two attached hydrogens (primary N) is 1. The van der Waals surface area contributed by atoms with E-state index in [0.717, 1.165) is 19.3 Å². The van der Waals surface area contributed by atoms with Crippen LogP contribution in [0.4, 0.5) is 13.2 Å². The highest BCUT2D eigenvalue weighted by Gasteiger charge is 2.32. The number of hydrogen-bond donors (Lipinski definition) is 1. The summed E-state index contributed by atoms with van der Waals surface area (Å²) in [5.41, 5.74) is 5.33. The summed E-state index contributed by atoms with van der Waals surface area (Å²) in [5, 5.41) is 0. The fourth-order valence-corrected chi connectivity index (χ4v) is 1.38. The molecule has 0 saturated carbocycles. The molecular formula is C12H16F3NO2. The van der Waals surface area contributed by atoms with E-state index in [1.165, 1.54) is 18.2 Å². The average Bonchev–Trinajstić information content (AvgIpc) is 2.29. The third kappa shape index (κ3) is 5.77. The van der Waals surface area contributed by atoms with Crippen LogP contribution in [0.5, 0.6) is 11.5 Å². The largest absolute Gasteiger partial charge is 0.573 e. The second-order valence-electron chi connectivity index (χ2n) is 3.69. The predicted molar refractivity (Wildman–Crippen MR) is 61.5 cm³/mol. The summed E-state index contributed by atoms with van der Waals surface area (Å²) in [7, 11) is 0. The second kappa shape index (κ2) is 7.10. The Labute approximate surface area is 104 Å². The van der Waals surface area contributed by atoms with Crippen LogP contribution in [0.25, 0.3) is 0 Å². The Morgan fingerprint density at radius 1 is 1.00 bits per heavy atom. The van der Waals surface area contributed by atoms with Crippen molar-refractivity contribution in [3.8, 4) is 11.5 Å². The molecule has 0 aliphatic rings. The van der Waals surface area contributed by atoms with Crippen LogP contribution >= 0.6 is 0 Å². The summed E-state index contributed by atoms with van der Waals surface area (Å²) in [6.07, 6.45) is -2.20. The standard InChI is InChI=1S/C12H16F3NO2/c13-12(14,15)18-11-7-3-2-6-10(11)17-9-5-1-4-8-16/h2-3,6-7H,1,4-5,8-9,16H2. The Balaban J connectivity index is 2.49. The van der Waals surface area contributed by atoms with E-state index in [0.29, 0.717) is 13.2 Å². The van der Waals surface area contributed by atoms with Gasteiger partial charge in [-0.1, -0.05) is 12.1 Å². The van der Waals surface area contributed by atoms with Gasteiger partial charge in [-0.2, -0.15) is 0 Å². The van der Waals surface area contributed by atoms with E-state index < -0.39 is 6.36 Å². The summed E-state index contributed by atoms with van der Waals surface area (Å²) in [6.45, 7) is 0.950. The molecule has 0 fully saturated rings. The van der Waals surface area contributed by atoms with Gasteiger partial charge in [0, 0.05) is 0 Å². The number of ether oxygens (including phenoxy) is 2. The maximum atomic E-state index is 12.1. The molecule has 0 amide bonds. The lowest BCUT2D eigenvalue weighted by Crippen LogP contribution is -2.17. The molecule has 1 aromatic rings. The average molecular weight is 263 g/mol. The second-order valence-corrected chi connectivity index (χ2v) is 3.69. The van der Waals surface area contributed by atoms with E-state index in [-0.39, 0.29) is 11.5 Å². The zero-order valence-electron chi connectivity index (χ0n) is 9.87. The molecule has 0 bridgehead atoms. The molecule has 0 saturated heterocycles. The molecule has 102 valence electrons. The maximum Gasteiger partial charge on any atom is 0.573 e. The first-order valence-electron chi connectivity index (χ1n) is 5.70. The van der Waals surface area contributed by atoms with Crippen LogP contribution in [-0.4, -0.2) is 19.5 Å². The number of hydrogen-bond acceptors (Lipinski definition) is 3. The molecule has 6 heteroatoms. The minimum Gasteiger partial charge on any atom is -0.490 e. The third-order valence-electron chi connectivity index (χ3n) is 2.18.